The third kappa shape index (κ3) is 4.45. The summed E-state index contributed by atoms with van der Waals surface area (Å²) < 4.78 is 9.55. The number of cyclic esters (lactones) is 1. The summed E-state index contributed by atoms with van der Waals surface area (Å²) in [5, 5.41) is 6.89. The zero-order valence-corrected chi connectivity index (χ0v) is 17.7. The molecule has 2 saturated heterocycles. The number of imidazole rings is 2. The summed E-state index contributed by atoms with van der Waals surface area (Å²) in [6.45, 7) is 3.58. The van der Waals surface area contributed by atoms with Crippen LogP contribution in [0, 0.1) is 5.41 Å². The van der Waals surface area contributed by atoms with Crippen molar-refractivity contribution in [2.45, 2.75) is 38.5 Å². The van der Waals surface area contributed by atoms with Crippen LogP contribution in [0.25, 0.3) is 11.0 Å². The molecule has 0 bridgehead atoms. The lowest BCUT2D eigenvalue weighted by molar-refractivity contribution is -0.151. The highest BCUT2D eigenvalue weighted by Crippen LogP contribution is 2.43. The van der Waals surface area contributed by atoms with E-state index in [-0.39, 0.29) is 29.7 Å². The van der Waals surface area contributed by atoms with E-state index in [0.717, 1.165) is 49.9 Å². The van der Waals surface area contributed by atoms with Gasteiger partial charge < -0.3 is 24.3 Å². The summed E-state index contributed by atoms with van der Waals surface area (Å²) in [5.74, 6) is -0.0478. The van der Waals surface area contributed by atoms with Crippen molar-refractivity contribution in [3.8, 4) is 0 Å². The molecule has 2 N–H and O–H groups in total. The van der Waals surface area contributed by atoms with E-state index in [0.29, 0.717) is 13.1 Å². The topological polar surface area (TPSA) is 122 Å². The number of benzene rings is 1. The van der Waals surface area contributed by atoms with Crippen molar-refractivity contribution >= 4 is 23.5 Å². The number of esters is 1. The number of hydrogen-bond acceptors (Lipinski definition) is 6. The number of aromatic nitrogens is 4. The SMILES string of the molecule is O=C1OC(Cn2cnc3ccccc32)CC12CCN(CCn1cc[nH]c1=O)CC2.O=CO. The molecule has 4 heterocycles. The smallest absolute Gasteiger partial charge is 0.325 e. The summed E-state index contributed by atoms with van der Waals surface area (Å²) in [5.41, 5.74) is 1.59. The van der Waals surface area contributed by atoms with Crippen LogP contribution in [-0.4, -0.2) is 67.3 Å². The predicted octanol–water partition coefficient (Wildman–Crippen LogP) is 1.32. The van der Waals surface area contributed by atoms with Gasteiger partial charge >= 0.3 is 11.7 Å². The number of carbonyl (C=O) groups is 2. The number of para-hydroxylation sites is 2. The first-order chi connectivity index (χ1) is 15.5. The summed E-state index contributed by atoms with van der Waals surface area (Å²) in [4.78, 5) is 42.1. The van der Waals surface area contributed by atoms with Crippen LogP contribution in [0.3, 0.4) is 0 Å². The van der Waals surface area contributed by atoms with Crippen LogP contribution in [0.5, 0.6) is 0 Å². The largest absolute Gasteiger partial charge is 0.483 e. The normalized spacial score (nSPS) is 20.1. The number of piperidine rings is 1. The highest BCUT2D eigenvalue weighted by Gasteiger charge is 2.50. The number of nitrogens with one attached hydrogen (secondary N) is 1. The van der Waals surface area contributed by atoms with Crippen molar-refractivity contribution in [3.63, 3.8) is 0 Å². The van der Waals surface area contributed by atoms with E-state index < -0.39 is 0 Å². The highest BCUT2D eigenvalue weighted by molar-refractivity contribution is 5.79. The van der Waals surface area contributed by atoms with Gasteiger partial charge in [0.2, 0.25) is 0 Å². The molecule has 10 heteroatoms. The maximum atomic E-state index is 12.7. The number of aromatic amines is 1. The van der Waals surface area contributed by atoms with Crippen molar-refractivity contribution in [1.82, 2.24) is 24.0 Å². The van der Waals surface area contributed by atoms with Gasteiger partial charge in [-0.3, -0.25) is 14.2 Å². The van der Waals surface area contributed by atoms with Crippen molar-refractivity contribution in [1.29, 1.82) is 0 Å². The summed E-state index contributed by atoms with van der Waals surface area (Å²) >= 11 is 0. The number of carbonyl (C=O) groups excluding carboxylic acids is 1. The quantitative estimate of drug-likeness (QED) is 0.452. The summed E-state index contributed by atoms with van der Waals surface area (Å²) in [6, 6.07) is 8.01. The van der Waals surface area contributed by atoms with Gasteiger partial charge in [-0.15, -0.1) is 0 Å². The van der Waals surface area contributed by atoms with Crippen LogP contribution in [-0.2, 0) is 27.4 Å². The highest BCUT2D eigenvalue weighted by atomic mass is 16.6. The van der Waals surface area contributed by atoms with E-state index in [1.54, 1.807) is 17.0 Å². The van der Waals surface area contributed by atoms with E-state index in [1.165, 1.54) is 0 Å². The molecule has 1 aromatic carbocycles. The fourth-order valence-corrected chi connectivity index (χ4v) is 4.70. The molecule has 32 heavy (non-hydrogen) atoms. The average molecular weight is 441 g/mol. The van der Waals surface area contributed by atoms with Gasteiger partial charge in [0.15, 0.2) is 0 Å². The van der Waals surface area contributed by atoms with Crippen LogP contribution in [0.1, 0.15) is 19.3 Å². The lowest BCUT2D eigenvalue weighted by Crippen LogP contribution is -2.43. The zero-order valence-electron chi connectivity index (χ0n) is 17.7. The van der Waals surface area contributed by atoms with Crippen molar-refractivity contribution in [2.24, 2.45) is 5.41 Å². The second-order valence-corrected chi connectivity index (χ2v) is 8.30. The Morgan fingerprint density at radius 2 is 1.94 bits per heavy atom. The predicted molar refractivity (Wildman–Crippen MR) is 116 cm³/mol. The molecule has 0 amide bonds. The number of fused-ring (bicyclic) bond motifs is 1. The molecule has 170 valence electrons. The summed E-state index contributed by atoms with van der Waals surface area (Å²) in [7, 11) is 0. The fraction of sp³-hybridized carbons (Fsp3) is 0.455. The van der Waals surface area contributed by atoms with Gasteiger partial charge in [-0.05, 0) is 38.1 Å². The first-order valence-electron chi connectivity index (χ1n) is 10.7. The molecule has 1 spiro atoms. The van der Waals surface area contributed by atoms with E-state index >= 15 is 0 Å². The standard InChI is InChI=1S/C21H25N5O3.CH2O2/c27-19-21(5-8-24(9-6-21)11-12-25-10-7-22-20(25)28)13-16(29-19)14-26-15-23-17-3-1-2-4-18(17)26;2-1-3/h1-4,7,10,15-16H,5-6,8-9,11-14H2,(H,22,28);1H,(H,2,3). The Bertz CT molecular complexity index is 1120. The third-order valence-corrected chi connectivity index (χ3v) is 6.45. The number of likely N-dealkylation sites (tertiary alicyclic amines) is 1. The second kappa shape index (κ2) is 9.39. The molecule has 2 aliphatic heterocycles. The molecule has 2 aliphatic rings. The van der Waals surface area contributed by atoms with E-state index in [4.69, 9.17) is 14.6 Å². The fourth-order valence-electron chi connectivity index (χ4n) is 4.70. The second-order valence-electron chi connectivity index (χ2n) is 8.30. The minimum absolute atomic E-state index is 0.0478. The van der Waals surface area contributed by atoms with E-state index in [2.05, 4.69) is 19.4 Å². The van der Waals surface area contributed by atoms with Gasteiger partial charge in [0, 0.05) is 31.9 Å². The average Bonchev–Trinajstić information content (AvgIpc) is 3.47. The Morgan fingerprint density at radius 1 is 1.19 bits per heavy atom. The lowest BCUT2D eigenvalue weighted by Gasteiger charge is -2.36. The molecule has 2 aromatic heterocycles. The molecule has 10 nitrogen and oxygen atoms in total. The van der Waals surface area contributed by atoms with Gasteiger partial charge in [0.1, 0.15) is 6.10 Å². The Labute approximate surface area is 184 Å². The van der Waals surface area contributed by atoms with Crippen LogP contribution in [0.15, 0.2) is 47.8 Å². The third-order valence-electron chi connectivity index (χ3n) is 6.45. The van der Waals surface area contributed by atoms with Crippen molar-refractivity contribution < 1.29 is 19.4 Å². The van der Waals surface area contributed by atoms with E-state index in [1.807, 2.05) is 30.6 Å². The molecule has 2 fully saturated rings. The molecular weight excluding hydrogens is 414 g/mol. The molecule has 5 rings (SSSR count). The number of ether oxygens (including phenoxy) is 1. The van der Waals surface area contributed by atoms with Crippen molar-refractivity contribution in [3.05, 3.63) is 53.5 Å². The molecule has 0 saturated carbocycles. The maximum Gasteiger partial charge on any atom is 0.325 e. The first-order valence-corrected chi connectivity index (χ1v) is 10.7. The van der Waals surface area contributed by atoms with Crippen molar-refractivity contribution in [2.75, 3.05) is 19.6 Å². The Morgan fingerprint density at radius 3 is 2.66 bits per heavy atom. The number of H-pyrrole nitrogens is 1. The molecule has 1 atom stereocenters. The van der Waals surface area contributed by atoms with Crippen LogP contribution >= 0.6 is 0 Å². The number of nitrogens with zero attached hydrogens (tertiary/aromatic N) is 4. The maximum absolute atomic E-state index is 12.7. The summed E-state index contributed by atoms with van der Waals surface area (Å²) in [6.07, 6.45) is 7.55. The number of rotatable bonds is 5. The van der Waals surface area contributed by atoms with Gasteiger partial charge in [-0.25, -0.2) is 9.78 Å². The van der Waals surface area contributed by atoms with Gasteiger partial charge in [0.05, 0.1) is 29.3 Å². The van der Waals surface area contributed by atoms with Crippen LogP contribution in [0.4, 0.5) is 0 Å². The Kier molecular flexibility index (Phi) is 6.40. The lowest BCUT2D eigenvalue weighted by atomic mass is 9.76. The van der Waals surface area contributed by atoms with E-state index in [9.17, 15) is 9.59 Å². The zero-order chi connectivity index (χ0) is 22.6. The van der Waals surface area contributed by atoms with Gasteiger partial charge in [0.25, 0.3) is 6.47 Å². The first kappa shape index (κ1) is 21.8. The van der Waals surface area contributed by atoms with Gasteiger partial charge in [-0.2, -0.15) is 0 Å². The van der Waals surface area contributed by atoms with Crippen LogP contribution < -0.4 is 5.69 Å². The molecule has 0 aliphatic carbocycles. The molecule has 3 aromatic rings. The molecule has 1 unspecified atom stereocenters. The number of carboxylic acid groups (broad SMARTS) is 1. The van der Waals surface area contributed by atoms with Gasteiger partial charge in [-0.1, -0.05) is 12.1 Å². The monoisotopic (exact) mass is 441 g/mol. The number of hydrogen-bond donors (Lipinski definition) is 2. The van der Waals surface area contributed by atoms with Crippen LogP contribution in [0.2, 0.25) is 0 Å². The Hall–Kier alpha value is -3.40. The minimum atomic E-state index is -0.359. The Balaban J connectivity index is 0.000000775. The molecular formula is C22H27N5O5. The minimum Gasteiger partial charge on any atom is -0.483 e. The molecule has 0 radical (unpaired) electrons.